The molecule has 2 aromatic heterocycles. The molecule has 9 nitrogen and oxygen atoms in total. The molecule has 0 spiro atoms. The molecule has 3 aliphatic heterocycles. The zero-order chi connectivity index (χ0) is 30.1. The molecule has 3 aliphatic rings. The van der Waals surface area contributed by atoms with Crippen LogP contribution < -0.4 is 4.90 Å². The van der Waals surface area contributed by atoms with E-state index in [9.17, 15) is 9.18 Å². The second-order valence-corrected chi connectivity index (χ2v) is 12.5. The van der Waals surface area contributed by atoms with E-state index in [-0.39, 0.29) is 24.6 Å². The maximum absolute atomic E-state index is 14.1. The minimum Gasteiger partial charge on any atom is -0.464 e. The molecule has 1 unspecified atom stereocenters. The molecule has 228 valence electrons. The van der Waals surface area contributed by atoms with Gasteiger partial charge in [0.1, 0.15) is 11.6 Å². The number of ether oxygens (including phenoxy) is 4. The van der Waals surface area contributed by atoms with Crippen LogP contribution in [-0.4, -0.2) is 58.1 Å². The van der Waals surface area contributed by atoms with Crippen LogP contribution in [0.1, 0.15) is 88.1 Å². The number of anilines is 1. The van der Waals surface area contributed by atoms with E-state index in [2.05, 4.69) is 11.8 Å². The Hall–Kier alpha value is -3.08. The number of piperidine rings is 1. The van der Waals surface area contributed by atoms with E-state index in [0.717, 1.165) is 36.2 Å². The van der Waals surface area contributed by atoms with E-state index >= 15 is 0 Å². The van der Waals surface area contributed by atoms with Crippen molar-refractivity contribution in [3.05, 3.63) is 58.2 Å². The van der Waals surface area contributed by atoms with Gasteiger partial charge in [0.05, 0.1) is 42.3 Å². The number of rotatable bonds is 4. The van der Waals surface area contributed by atoms with Crippen LogP contribution in [0.25, 0.3) is 5.65 Å². The number of halogens is 1. The molecule has 42 heavy (non-hydrogen) atoms. The summed E-state index contributed by atoms with van der Waals surface area (Å²) in [5.74, 6) is 0.0761. The lowest BCUT2D eigenvalue weighted by Crippen LogP contribution is -2.46. The van der Waals surface area contributed by atoms with Crippen molar-refractivity contribution >= 4 is 17.4 Å². The highest BCUT2D eigenvalue weighted by atomic mass is 19.1. The summed E-state index contributed by atoms with van der Waals surface area (Å²) in [7, 11) is 0. The van der Waals surface area contributed by atoms with Gasteiger partial charge in [-0.25, -0.2) is 14.2 Å². The number of benzene rings is 1. The number of nitrogens with zero attached hydrogens (tertiary/aromatic N) is 4. The zero-order valence-corrected chi connectivity index (χ0v) is 25.7. The first-order valence-corrected chi connectivity index (χ1v) is 14.9. The number of aromatic nitrogens is 3. The molecule has 0 N–H and O–H groups in total. The number of hydrogen-bond acceptors (Lipinski definition) is 8. The maximum Gasteiger partial charge on any atom is 0.340 e. The van der Waals surface area contributed by atoms with E-state index < -0.39 is 17.7 Å². The Morgan fingerprint density at radius 2 is 1.93 bits per heavy atom. The minimum absolute atomic E-state index is 0.241. The van der Waals surface area contributed by atoms with Gasteiger partial charge in [-0.1, -0.05) is 6.07 Å². The van der Waals surface area contributed by atoms with Crippen LogP contribution in [-0.2, 0) is 43.4 Å². The Morgan fingerprint density at radius 3 is 2.64 bits per heavy atom. The average Bonchev–Trinajstić information content (AvgIpc) is 3.32. The predicted octanol–water partition coefficient (Wildman–Crippen LogP) is 5.63. The van der Waals surface area contributed by atoms with Crippen LogP contribution >= 0.6 is 0 Å². The molecule has 0 aliphatic carbocycles. The quantitative estimate of drug-likeness (QED) is 0.366. The van der Waals surface area contributed by atoms with Gasteiger partial charge < -0.3 is 23.8 Å². The van der Waals surface area contributed by atoms with Gasteiger partial charge in [0.25, 0.3) is 0 Å². The number of fused-ring (bicyclic) bond motifs is 7. The number of hydrogen-bond donors (Lipinski definition) is 0. The van der Waals surface area contributed by atoms with Gasteiger partial charge in [-0.3, -0.25) is 0 Å². The lowest BCUT2D eigenvalue weighted by atomic mass is 9.92. The van der Waals surface area contributed by atoms with Crippen molar-refractivity contribution in [3.8, 4) is 0 Å². The molecule has 1 atom stereocenters. The third kappa shape index (κ3) is 6.76. The van der Waals surface area contributed by atoms with Gasteiger partial charge in [-0.15, -0.1) is 0 Å². The Kier molecular flexibility index (Phi) is 8.87. The Morgan fingerprint density at radius 1 is 1.17 bits per heavy atom. The van der Waals surface area contributed by atoms with Gasteiger partial charge in [0.15, 0.2) is 11.8 Å². The maximum atomic E-state index is 14.1. The highest BCUT2D eigenvalue weighted by Crippen LogP contribution is 2.38. The number of esters is 1. The van der Waals surface area contributed by atoms with Gasteiger partial charge in [-0.2, -0.15) is 9.61 Å². The van der Waals surface area contributed by atoms with Gasteiger partial charge >= 0.3 is 5.97 Å². The second kappa shape index (κ2) is 12.3. The summed E-state index contributed by atoms with van der Waals surface area (Å²) in [6.07, 6.45) is 2.11. The molecule has 6 rings (SSSR count). The van der Waals surface area contributed by atoms with Crippen molar-refractivity contribution in [3.63, 3.8) is 0 Å². The third-order valence-corrected chi connectivity index (χ3v) is 7.93. The Labute approximate surface area is 247 Å². The summed E-state index contributed by atoms with van der Waals surface area (Å²) in [6, 6.07) is 6.77. The number of carbonyl (C=O) groups excluding carboxylic acids is 1. The monoisotopic (exact) mass is 582 g/mol. The van der Waals surface area contributed by atoms with E-state index in [1.165, 1.54) is 6.07 Å². The average molecular weight is 583 g/mol. The smallest absolute Gasteiger partial charge is 0.340 e. The molecule has 5 heterocycles. The normalized spacial score (nSPS) is 18.6. The number of carbonyl (C=O) groups is 1. The SMILES string of the molecule is CCOC(=O)C(OC(C)(C)C)c1c(C)nc2cc3nn2c1N1CCC(C)(CC1)OCCCc1cc(F)ccc1COC3. The van der Waals surface area contributed by atoms with Crippen LogP contribution in [0.15, 0.2) is 24.3 Å². The summed E-state index contributed by atoms with van der Waals surface area (Å²) in [6.45, 7) is 14.4. The van der Waals surface area contributed by atoms with Crippen molar-refractivity contribution in [2.45, 2.75) is 97.7 Å². The lowest BCUT2D eigenvalue weighted by Gasteiger charge is -2.41. The molecule has 0 saturated carbocycles. The summed E-state index contributed by atoms with van der Waals surface area (Å²) in [5.41, 5.74) is 3.70. The van der Waals surface area contributed by atoms with Crippen LogP contribution in [0.5, 0.6) is 0 Å². The van der Waals surface area contributed by atoms with Crippen LogP contribution in [0.2, 0.25) is 0 Å². The van der Waals surface area contributed by atoms with Gasteiger partial charge in [-0.05, 0) is 90.5 Å². The third-order valence-electron chi connectivity index (χ3n) is 7.93. The van der Waals surface area contributed by atoms with Crippen LogP contribution in [0, 0.1) is 12.7 Å². The molecular weight excluding hydrogens is 539 g/mol. The molecule has 10 heteroatoms. The molecule has 1 aromatic carbocycles. The van der Waals surface area contributed by atoms with E-state index in [1.807, 2.05) is 38.3 Å². The Balaban J connectivity index is 1.60. The van der Waals surface area contributed by atoms with Crippen molar-refractivity contribution in [1.82, 2.24) is 14.6 Å². The van der Waals surface area contributed by atoms with E-state index in [0.29, 0.717) is 55.3 Å². The predicted molar refractivity (Wildman–Crippen MR) is 157 cm³/mol. The fourth-order valence-corrected chi connectivity index (χ4v) is 5.79. The first-order chi connectivity index (χ1) is 20.0. The standard InChI is InChI=1S/C32H43FN4O5/c1-7-40-30(38)28(42-31(3,4)5)27-21(2)34-26-18-25-20-39-19-23-10-11-24(33)17-22(23)9-8-16-41-32(6)12-14-36(15-13-32)29(27)37(26)35-25/h10-11,17-18,28H,7-9,12-16,19-20H2,1-6H3. The minimum atomic E-state index is -0.976. The number of aryl methyl sites for hydroxylation is 2. The van der Waals surface area contributed by atoms with Gasteiger partial charge in [0, 0.05) is 31.5 Å². The molecule has 3 aromatic rings. The molecule has 1 fully saturated rings. The second-order valence-electron chi connectivity index (χ2n) is 12.5. The molecule has 1 saturated heterocycles. The van der Waals surface area contributed by atoms with Crippen molar-refractivity contribution in [2.24, 2.45) is 0 Å². The fourth-order valence-electron chi connectivity index (χ4n) is 5.79. The Bertz CT molecular complexity index is 1420. The van der Waals surface area contributed by atoms with E-state index in [4.69, 9.17) is 29.0 Å². The van der Waals surface area contributed by atoms with Crippen molar-refractivity contribution in [2.75, 3.05) is 31.2 Å². The van der Waals surface area contributed by atoms with Crippen molar-refractivity contribution in [1.29, 1.82) is 0 Å². The zero-order valence-electron chi connectivity index (χ0n) is 25.7. The molecule has 0 amide bonds. The van der Waals surface area contributed by atoms with Crippen LogP contribution in [0.4, 0.5) is 10.2 Å². The highest BCUT2D eigenvalue weighted by molar-refractivity contribution is 5.80. The summed E-state index contributed by atoms with van der Waals surface area (Å²) in [4.78, 5) is 20.5. The van der Waals surface area contributed by atoms with E-state index in [1.54, 1.807) is 19.1 Å². The highest BCUT2D eigenvalue weighted by Gasteiger charge is 2.38. The summed E-state index contributed by atoms with van der Waals surface area (Å²) >= 11 is 0. The largest absolute Gasteiger partial charge is 0.464 e. The van der Waals surface area contributed by atoms with Crippen LogP contribution in [0.3, 0.4) is 0 Å². The first-order valence-electron chi connectivity index (χ1n) is 14.9. The van der Waals surface area contributed by atoms with Crippen molar-refractivity contribution < 1.29 is 28.1 Å². The first kappa shape index (κ1) is 30.4. The molecule has 4 bridgehead atoms. The summed E-state index contributed by atoms with van der Waals surface area (Å²) in [5, 5.41) is 4.92. The topological polar surface area (TPSA) is 87.4 Å². The summed E-state index contributed by atoms with van der Waals surface area (Å²) < 4.78 is 40.3. The lowest BCUT2D eigenvalue weighted by molar-refractivity contribution is -0.166. The molecular formula is C32H43FN4O5. The fraction of sp³-hybridized carbons (Fsp3) is 0.594. The molecule has 0 radical (unpaired) electrons. The van der Waals surface area contributed by atoms with Gasteiger partial charge in [0.2, 0.25) is 0 Å².